The van der Waals surface area contributed by atoms with Crippen LogP contribution in [0.5, 0.6) is 11.5 Å². The standard InChI is InChI=1S/C13H20N2O3/c1-9(6-7-15(2)3)14-13(18)10-4-5-11(16)12(17)8-10/h4-5,8-9,16-17H,6-7H2,1-3H3,(H,14,18). The fourth-order valence-electron chi connectivity index (χ4n) is 1.50. The highest BCUT2D eigenvalue weighted by Gasteiger charge is 2.11. The lowest BCUT2D eigenvalue weighted by Crippen LogP contribution is -2.34. The summed E-state index contributed by atoms with van der Waals surface area (Å²) in [6, 6.07) is 4.08. The Hall–Kier alpha value is -1.75. The Morgan fingerprint density at radius 3 is 2.56 bits per heavy atom. The molecule has 0 aliphatic heterocycles. The first-order chi connectivity index (χ1) is 8.40. The van der Waals surface area contributed by atoms with E-state index < -0.39 is 0 Å². The first kappa shape index (κ1) is 14.3. The molecule has 1 amide bonds. The first-order valence-electron chi connectivity index (χ1n) is 5.87. The molecule has 18 heavy (non-hydrogen) atoms. The lowest BCUT2D eigenvalue weighted by atomic mass is 10.1. The topological polar surface area (TPSA) is 72.8 Å². The van der Waals surface area contributed by atoms with Gasteiger partial charge in [0.1, 0.15) is 0 Å². The normalized spacial score (nSPS) is 12.4. The van der Waals surface area contributed by atoms with Crippen molar-refractivity contribution in [3.05, 3.63) is 23.8 Å². The molecule has 0 radical (unpaired) electrons. The average Bonchev–Trinajstić information content (AvgIpc) is 2.30. The lowest BCUT2D eigenvalue weighted by Gasteiger charge is -2.16. The maximum Gasteiger partial charge on any atom is 0.251 e. The Kier molecular flexibility index (Phi) is 4.97. The molecule has 1 aromatic carbocycles. The van der Waals surface area contributed by atoms with E-state index in [4.69, 9.17) is 5.11 Å². The van der Waals surface area contributed by atoms with Gasteiger partial charge in [-0.3, -0.25) is 4.79 Å². The highest BCUT2D eigenvalue weighted by atomic mass is 16.3. The van der Waals surface area contributed by atoms with Crippen LogP contribution in [-0.2, 0) is 0 Å². The zero-order chi connectivity index (χ0) is 13.7. The highest BCUT2D eigenvalue weighted by molar-refractivity contribution is 5.95. The fourth-order valence-corrected chi connectivity index (χ4v) is 1.50. The molecule has 0 heterocycles. The van der Waals surface area contributed by atoms with Crippen LogP contribution in [0.1, 0.15) is 23.7 Å². The molecule has 0 aromatic heterocycles. The summed E-state index contributed by atoms with van der Waals surface area (Å²) in [6.45, 7) is 2.82. The molecule has 1 unspecified atom stereocenters. The smallest absolute Gasteiger partial charge is 0.251 e. The lowest BCUT2D eigenvalue weighted by molar-refractivity contribution is 0.0936. The second-order valence-corrected chi connectivity index (χ2v) is 4.67. The Labute approximate surface area is 107 Å². The molecule has 1 rings (SSSR count). The van der Waals surface area contributed by atoms with Crippen molar-refractivity contribution in [3.63, 3.8) is 0 Å². The van der Waals surface area contributed by atoms with E-state index in [-0.39, 0.29) is 23.4 Å². The monoisotopic (exact) mass is 252 g/mol. The number of hydrogen-bond donors (Lipinski definition) is 3. The zero-order valence-corrected chi connectivity index (χ0v) is 11.0. The minimum atomic E-state index is -0.288. The number of nitrogens with one attached hydrogen (secondary N) is 1. The molecule has 5 nitrogen and oxygen atoms in total. The fraction of sp³-hybridized carbons (Fsp3) is 0.462. The van der Waals surface area contributed by atoms with E-state index in [1.807, 2.05) is 21.0 Å². The number of carbonyl (C=O) groups is 1. The summed E-state index contributed by atoms with van der Waals surface area (Å²) >= 11 is 0. The van der Waals surface area contributed by atoms with Crippen molar-refractivity contribution in [2.45, 2.75) is 19.4 Å². The Morgan fingerprint density at radius 1 is 1.33 bits per heavy atom. The molecule has 1 aromatic rings. The van der Waals surface area contributed by atoms with Crippen LogP contribution in [0.2, 0.25) is 0 Å². The summed E-state index contributed by atoms with van der Waals surface area (Å²) in [7, 11) is 3.96. The third kappa shape index (κ3) is 4.25. The van der Waals surface area contributed by atoms with Crippen LogP contribution in [0.25, 0.3) is 0 Å². The van der Waals surface area contributed by atoms with Gasteiger partial charge in [0.05, 0.1) is 0 Å². The van der Waals surface area contributed by atoms with Gasteiger partial charge in [0.2, 0.25) is 0 Å². The van der Waals surface area contributed by atoms with Gasteiger partial charge < -0.3 is 20.4 Å². The van der Waals surface area contributed by atoms with E-state index in [1.165, 1.54) is 18.2 Å². The predicted octanol–water partition coefficient (Wildman–Crippen LogP) is 1.17. The van der Waals surface area contributed by atoms with E-state index in [0.717, 1.165) is 13.0 Å². The van der Waals surface area contributed by atoms with Crippen molar-refractivity contribution in [1.29, 1.82) is 0 Å². The Balaban J connectivity index is 2.56. The van der Waals surface area contributed by atoms with E-state index in [1.54, 1.807) is 0 Å². The summed E-state index contributed by atoms with van der Waals surface area (Å²) in [5, 5.41) is 21.3. The van der Waals surface area contributed by atoms with Crippen molar-refractivity contribution in [2.75, 3.05) is 20.6 Å². The van der Waals surface area contributed by atoms with Crippen molar-refractivity contribution < 1.29 is 15.0 Å². The van der Waals surface area contributed by atoms with Crippen LogP contribution in [0.3, 0.4) is 0 Å². The average molecular weight is 252 g/mol. The summed E-state index contributed by atoms with van der Waals surface area (Å²) in [5.41, 5.74) is 0.335. The summed E-state index contributed by atoms with van der Waals surface area (Å²) in [5.74, 6) is -0.771. The molecule has 100 valence electrons. The number of phenols is 2. The molecule has 0 aliphatic rings. The molecule has 0 bridgehead atoms. The highest BCUT2D eigenvalue weighted by Crippen LogP contribution is 2.24. The van der Waals surface area contributed by atoms with Gasteiger partial charge in [-0.25, -0.2) is 0 Å². The second kappa shape index (κ2) is 6.26. The number of amides is 1. The third-order valence-corrected chi connectivity index (χ3v) is 2.62. The van der Waals surface area contributed by atoms with Crippen LogP contribution in [0.4, 0.5) is 0 Å². The molecule has 3 N–H and O–H groups in total. The molecule has 0 saturated heterocycles. The van der Waals surface area contributed by atoms with Gasteiger partial charge in [-0.1, -0.05) is 0 Å². The Morgan fingerprint density at radius 2 is 2.00 bits per heavy atom. The van der Waals surface area contributed by atoms with Crippen LogP contribution in [0, 0.1) is 0 Å². The minimum Gasteiger partial charge on any atom is -0.504 e. The quantitative estimate of drug-likeness (QED) is 0.688. The molecule has 5 heteroatoms. The summed E-state index contributed by atoms with van der Waals surface area (Å²) in [4.78, 5) is 13.9. The SMILES string of the molecule is CC(CCN(C)C)NC(=O)c1ccc(O)c(O)c1. The van der Waals surface area contributed by atoms with Crippen LogP contribution < -0.4 is 5.32 Å². The predicted molar refractivity (Wildman–Crippen MR) is 69.9 cm³/mol. The number of phenolic OH excluding ortho intramolecular Hbond substituents is 2. The number of hydrogen-bond acceptors (Lipinski definition) is 4. The minimum absolute atomic E-state index is 0.0517. The Bertz CT molecular complexity index is 419. The van der Waals surface area contributed by atoms with E-state index in [2.05, 4.69) is 10.2 Å². The number of carbonyl (C=O) groups excluding carboxylic acids is 1. The first-order valence-corrected chi connectivity index (χ1v) is 5.87. The van der Waals surface area contributed by atoms with Gasteiger partial charge in [0, 0.05) is 11.6 Å². The van der Waals surface area contributed by atoms with Crippen LogP contribution in [-0.4, -0.2) is 47.7 Å². The molecular formula is C13H20N2O3. The third-order valence-electron chi connectivity index (χ3n) is 2.62. The van der Waals surface area contributed by atoms with Gasteiger partial charge in [0.25, 0.3) is 5.91 Å². The van der Waals surface area contributed by atoms with Gasteiger partial charge in [0.15, 0.2) is 11.5 Å². The molecule has 0 saturated carbocycles. The van der Waals surface area contributed by atoms with E-state index in [0.29, 0.717) is 5.56 Å². The maximum atomic E-state index is 11.8. The second-order valence-electron chi connectivity index (χ2n) is 4.67. The molecular weight excluding hydrogens is 232 g/mol. The maximum absolute atomic E-state index is 11.8. The van der Waals surface area contributed by atoms with Crippen molar-refractivity contribution in [1.82, 2.24) is 10.2 Å². The van der Waals surface area contributed by atoms with Crippen molar-refractivity contribution in [3.8, 4) is 11.5 Å². The van der Waals surface area contributed by atoms with Gasteiger partial charge >= 0.3 is 0 Å². The van der Waals surface area contributed by atoms with Crippen LogP contribution >= 0.6 is 0 Å². The zero-order valence-electron chi connectivity index (χ0n) is 11.0. The number of nitrogens with zero attached hydrogens (tertiary/aromatic N) is 1. The van der Waals surface area contributed by atoms with E-state index >= 15 is 0 Å². The number of aromatic hydroxyl groups is 2. The molecule has 1 atom stereocenters. The van der Waals surface area contributed by atoms with Crippen molar-refractivity contribution >= 4 is 5.91 Å². The van der Waals surface area contributed by atoms with E-state index in [9.17, 15) is 9.90 Å². The van der Waals surface area contributed by atoms with Crippen LogP contribution in [0.15, 0.2) is 18.2 Å². The van der Waals surface area contributed by atoms with Crippen molar-refractivity contribution in [2.24, 2.45) is 0 Å². The van der Waals surface area contributed by atoms with Gasteiger partial charge in [-0.2, -0.15) is 0 Å². The van der Waals surface area contributed by atoms with Gasteiger partial charge in [-0.05, 0) is 52.2 Å². The summed E-state index contributed by atoms with van der Waals surface area (Å²) in [6.07, 6.45) is 0.850. The number of rotatable bonds is 5. The molecule has 0 aliphatic carbocycles. The number of benzene rings is 1. The summed E-state index contributed by atoms with van der Waals surface area (Å²) < 4.78 is 0. The molecule has 0 spiro atoms. The van der Waals surface area contributed by atoms with Gasteiger partial charge in [-0.15, -0.1) is 0 Å². The molecule has 0 fully saturated rings. The largest absolute Gasteiger partial charge is 0.504 e.